The number of aryl methyl sites for hydroxylation is 1. The van der Waals surface area contributed by atoms with Crippen molar-refractivity contribution >= 4 is 16.9 Å². The lowest BCUT2D eigenvalue weighted by Crippen LogP contribution is -1.93. The average Bonchev–Trinajstić information content (AvgIpc) is 2.44. The number of nitrogens with one attached hydrogen (secondary N) is 2. The number of aromatic nitrogens is 3. The Balaban J connectivity index is 2.78. The first kappa shape index (κ1) is 7.09. The van der Waals surface area contributed by atoms with Crippen molar-refractivity contribution in [1.29, 1.82) is 0 Å². The molecule has 4 nitrogen and oxygen atoms in total. The minimum absolute atomic E-state index is 0.841. The molecule has 0 unspecified atom stereocenters. The van der Waals surface area contributed by atoms with Gasteiger partial charge in [-0.15, -0.1) is 0 Å². The molecule has 2 heterocycles. The maximum absolute atomic E-state index is 4.13. The lowest BCUT2D eigenvalue weighted by atomic mass is 10.4. The van der Waals surface area contributed by atoms with Crippen LogP contribution in [-0.2, 0) is 0 Å². The molecule has 0 saturated carbocycles. The van der Waals surface area contributed by atoms with Gasteiger partial charge in [0.1, 0.15) is 11.8 Å². The zero-order valence-electron chi connectivity index (χ0n) is 7.05. The molecule has 0 fully saturated rings. The monoisotopic (exact) mass is 162 g/mol. The molecule has 2 rings (SSSR count). The minimum Gasteiger partial charge on any atom is -0.371 e. The molecule has 0 saturated heterocycles. The Morgan fingerprint density at radius 1 is 1.42 bits per heavy atom. The maximum atomic E-state index is 4.13. The molecule has 0 aromatic carbocycles. The summed E-state index contributed by atoms with van der Waals surface area (Å²) in [6.07, 6.45) is 1.56. The van der Waals surface area contributed by atoms with Gasteiger partial charge in [-0.25, -0.2) is 9.97 Å². The molecule has 62 valence electrons. The zero-order valence-corrected chi connectivity index (χ0v) is 7.05. The molecule has 0 atom stereocenters. The highest BCUT2D eigenvalue weighted by molar-refractivity contribution is 5.85. The van der Waals surface area contributed by atoms with Crippen molar-refractivity contribution in [2.75, 3.05) is 12.4 Å². The fourth-order valence-electron chi connectivity index (χ4n) is 1.26. The second-order valence-corrected chi connectivity index (χ2v) is 2.68. The lowest BCUT2D eigenvalue weighted by molar-refractivity contribution is 1.20. The maximum Gasteiger partial charge on any atom is 0.153 e. The summed E-state index contributed by atoms with van der Waals surface area (Å²) in [6, 6.07) is 2.00. The predicted molar refractivity (Wildman–Crippen MR) is 48.2 cm³/mol. The van der Waals surface area contributed by atoms with E-state index in [9.17, 15) is 0 Å². The van der Waals surface area contributed by atoms with Crippen LogP contribution in [-0.4, -0.2) is 22.0 Å². The smallest absolute Gasteiger partial charge is 0.153 e. The SMILES string of the molecule is CNc1ncnc2cc(C)[nH]c12. The summed E-state index contributed by atoms with van der Waals surface area (Å²) in [7, 11) is 1.85. The van der Waals surface area contributed by atoms with Crippen molar-refractivity contribution in [3.8, 4) is 0 Å². The van der Waals surface area contributed by atoms with Crippen LogP contribution in [0.2, 0.25) is 0 Å². The van der Waals surface area contributed by atoms with Crippen molar-refractivity contribution in [1.82, 2.24) is 15.0 Å². The minimum atomic E-state index is 0.841. The van der Waals surface area contributed by atoms with Gasteiger partial charge in [-0.05, 0) is 13.0 Å². The molecule has 2 N–H and O–H groups in total. The van der Waals surface area contributed by atoms with Crippen molar-refractivity contribution in [2.24, 2.45) is 0 Å². The Morgan fingerprint density at radius 2 is 2.25 bits per heavy atom. The van der Waals surface area contributed by atoms with Gasteiger partial charge < -0.3 is 10.3 Å². The molecule has 2 aromatic heterocycles. The second kappa shape index (κ2) is 2.48. The molecule has 0 spiro atoms. The number of anilines is 1. The van der Waals surface area contributed by atoms with Crippen LogP contribution in [0, 0.1) is 6.92 Å². The van der Waals surface area contributed by atoms with Gasteiger partial charge in [-0.3, -0.25) is 0 Å². The van der Waals surface area contributed by atoms with Crippen LogP contribution in [0.5, 0.6) is 0 Å². The van der Waals surface area contributed by atoms with E-state index in [0.29, 0.717) is 0 Å². The first-order chi connectivity index (χ1) is 5.81. The first-order valence-electron chi connectivity index (χ1n) is 3.79. The number of nitrogens with zero attached hydrogens (tertiary/aromatic N) is 2. The van der Waals surface area contributed by atoms with Gasteiger partial charge in [0.2, 0.25) is 0 Å². The summed E-state index contributed by atoms with van der Waals surface area (Å²) in [5, 5.41) is 3.00. The quantitative estimate of drug-likeness (QED) is 0.664. The third-order valence-electron chi connectivity index (χ3n) is 1.79. The Kier molecular flexibility index (Phi) is 1.46. The summed E-state index contributed by atoms with van der Waals surface area (Å²) in [5.41, 5.74) is 3.02. The number of fused-ring (bicyclic) bond motifs is 1. The van der Waals surface area contributed by atoms with Crippen LogP contribution in [0.15, 0.2) is 12.4 Å². The van der Waals surface area contributed by atoms with E-state index in [1.807, 2.05) is 20.0 Å². The summed E-state index contributed by atoms with van der Waals surface area (Å²) >= 11 is 0. The Hall–Kier alpha value is -1.58. The molecule has 0 aliphatic carbocycles. The van der Waals surface area contributed by atoms with E-state index >= 15 is 0 Å². The van der Waals surface area contributed by atoms with Crippen molar-refractivity contribution in [3.05, 3.63) is 18.1 Å². The van der Waals surface area contributed by atoms with E-state index in [4.69, 9.17) is 0 Å². The van der Waals surface area contributed by atoms with Gasteiger partial charge in [0.15, 0.2) is 5.82 Å². The molecule has 0 aliphatic rings. The van der Waals surface area contributed by atoms with E-state index in [1.165, 1.54) is 0 Å². The van der Waals surface area contributed by atoms with E-state index in [2.05, 4.69) is 20.3 Å². The second-order valence-electron chi connectivity index (χ2n) is 2.68. The largest absolute Gasteiger partial charge is 0.371 e. The Morgan fingerprint density at radius 3 is 3.00 bits per heavy atom. The van der Waals surface area contributed by atoms with E-state index in [1.54, 1.807) is 6.33 Å². The molecule has 0 radical (unpaired) electrons. The van der Waals surface area contributed by atoms with Crippen LogP contribution in [0.3, 0.4) is 0 Å². The molecule has 2 aromatic rings. The van der Waals surface area contributed by atoms with Gasteiger partial charge in [-0.1, -0.05) is 0 Å². The van der Waals surface area contributed by atoms with Gasteiger partial charge in [0.25, 0.3) is 0 Å². The Labute approximate surface area is 70.0 Å². The van der Waals surface area contributed by atoms with Crippen LogP contribution < -0.4 is 5.32 Å². The molecule has 0 bridgehead atoms. The summed E-state index contributed by atoms with van der Waals surface area (Å²) < 4.78 is 0. The third kappa shape index (κ3) is 0.922. The Bertz CT molecular complexity index is 404. The van der Waals surface area contributed by atoms with E-state index < -0.39 is 0 Å². The van der Waals surface area contributed by atoms with E-state index in [-0.39, 0.29) is 0 Å². The molecule has 0 aliphatic heterocycles. The topological polar surface area (TPSA) is 53.6 Å². The summed E-state index contributed by atoms with van der Waals surface area (Å²) in [6.45, 7) is 2.00. The van der Waals surface area contributed by atoms with Crippen molar-refractivity contribution in [2.45, 2.75) is 6.92 Å². The number of aromatic amines is 1. The van der Waals surface area contributed by atoms with Crippen LogP contribution in [0.25, 0.3) is 11.0 Å². The summed E-state index contributed by atoms with van der Waals surface area (Å²) in [4.78, 5) is 11.4. The zero-order chi connectivity index (χ0) is 8.55. The van der Waals surface area contributed by atoms with Crippen molar-refractivity contribution in [3.63, 3.8) is 0 Å². The summed E-state index contributed by atoms with van der Waals surface area (Å²) in [5.74, 6) is 0.841. The average molecular weight is 162 g/mol. The molecule has 12 heavy (non-hydrogen) atoms. The van der Waals surface area contributed by atoms with Gasteiger partial charge in [0.05, 0.1) is 5.52 Å². The van der Waals surface area contributed by atoms with E-state index in [0.717, 1.165) is 22.5 Å². The lowest BCUT2D eigenvalue weighted by Gasteiger charge is -1.97. The van der Waals surface area contributed by atoms with Crippen LogP contribution in [0.4, 0.5) is 5.82 Å². The number of hydrogen-bond acceptors (Lipinski definition) is 3. The number of H-pyrrole nitrogens is 1. The number of rotatable bonds is 1. The first-order valence-corrected chi connectivity index (χ1v) is 3.79. The van der Waals surface area contributed by atoms with Gasteiger partial charge in [0, 0.05) is 12.7 Å². The fraction of sp³-hybridized carbons (Fsp3) is 0.250. The predicted octanol–water partition coefficient (Wildman–Crippen LogP) is 1.31. The molecular formula is C8H10N4. The van der Waals surface area contributed by atoms with Gasteiger partial charge in [-0.2, -0.15) is 0 Å². The highest BCUT2D eigenvalue weighted by Gasteiger charge is 2.03. The normalized spacial score (nSPS) is 10.5. The number of hydrogen-bond donors (Lipinski definition) is 2. The standard InChI is InChI=1S/C8H10N4/c1-5-3-6-7(12-5)8(9-2)11-4-10-6/h3-4,12H,1-2H3,(H,9,10,11). The third-order valence-corrected chi connectivity index (χ3v) is 1.79. The van der Waals surface area contributed by atoms with Crippen molar-refractivity contribution < 1.29 is 0 Å². The fourth-order valence-corrected chi connectivity index (χ4v) is 1.26. The molecular weight excluding hydrogens is 152 g/mol. The van der Waals surface area contributed by atoms with Crippen LogP contribution in [0.1, 0.15) is 5.69 Å². The highest BCUT2D eigenvalue weighted by Crippen LogP contribution is 2.17. The molecule has 4 heteroatoms. The van der Waals surface area contributed by atoms with Gasteiger partial charge >= 0.3 is 0 Å². The van der Waals surface area contributed by atoms with Crippen LogP contribution >= 0.6 is 0 Å². The molecule has 0 amide bonds. The highest BCUT2D eigenvalue weighted by atomic mass is 15.0.